The zero-order chi connectivity index (χ0) is 20.2. The molecular formula is C19H23ClN2O4S. The minimum Gasteiger partial charge on any atom is -0.461 e. The van der Waals surface area contributed by atoms with Crippen LogP contribution < -0.4 is 4.72 Å². The van der Waals surface area contributed by atoms with Crippen molar-refractivity contribution in [2.24, 2.45) is 0 Å². The fourth-order valence-corrected chi connectivity index (χ4v) is 4.43. The Hall–Kier alpha value is -1.96. The molecule has 0 aliphatic carbocycles. The lowest BCUT2D eigenvalue weighted by molar-refractivity contribution is -0.144. The van der Waals surface area contributed by atoms with E-state index in [-0.39, 0.29) is 24.5 Å². The summed E-state index contributed by atoms with van der Waals surface area (Å²) < 4.78 is 33.0. The van der Waals surface area contributed by atoms with Crippen molar-refractivity contribution in [2.45, 2.75) is 45.6 Å². The number of nitrogens with zero attached hydrogens (tertiary/aromatic N) is 1. The third kappa shape index (κ3) is 5.51. The number of aryl methyl sites for hydroxylation is 2. The summed E-state index contributed by atoms with van der Waals surface area (Å²) >= 11 is 5.69. The fourth-order valence-electron chi connectivity index (χ4n) is 2.67. The molecule has 8 heteroatoms. The standard InChI is InChI=1S/C19H23ClN2O4S/c1-12-9-13(2)15(4)19(14(12)3)27(24,25)22-8-7-18(23)26-11-16-5-6-17(20)21-10-16/h5-6,9-10,22H,7-8,11H2,1-4H3. The van der Waals surface area contributed by atoms with Gasteiger partial charge in [-0.3, -0.25) is 4.79 Å². The molecule has 0 bridgehead atoms. The predicted octanol–water partition coefficient (Wildman–Crippen LogP) is 3.38. The molecule has 1 aromatic carbocycles. The fraction of sp³-hybridized carbons (Fsp3) is 0.368. The van der Waals surface area contributed by atoms with E-state index in [0.29, 0.717) is 21.8 Å². The minimum absolute atomic E-state index is 0.0358. The van der Waals surface area contributed by atoms with E-state index < -0.39 is 16.0 Å². The second-order valence-corrected chi connectivity index (χ2v) is 8.48. The van der Waals surface area contributed by atoms with E-state index in [2.05, 4.69) is 9.71 Å². The first kappa shape index (κ1) is 21.3. The number of carbonyl (C=O) groups excluding carboxylic acids is 1. The van der Waals surface area contributed by atoms with Crippen molar-refractivity contribution in [2.75, 3.05) is 6.54 Å². The highest BCUT2D eigenvalue weighted by molar-refractivity contribution is 7.89. The number of ether oxygens (including phenoxy) is 1. The van der Waals surface area contributed by atoms with Gasteiger partial charge in [-0.25, -0.2) is 18.1 Å². The van der Waals surface area contributed by atoms with Gasteiger partial charge in [-0.1, -0.05) is 23.7 Å². The SMILES string of the molecule is Cc1cc(C)c(C)c(S(=O)(=O)NCCC(=O)OCc2ccc(Cl)nc2)c1C. The first-order valence-electron chi connectivity index (χ1n) is 8.45. The smallest absolute Gasteiger partial charge is 0.307 e. The van der Waals surface area contributed by atoms with Crippen molar-refractivity contribution in [1.82, 2.24) is 9.71 Å². The maximum absolute atomic E-state index is 12.7. The molecule has 0 fully saturated rings. The van der Waals surface area contributed by atoms with Crippen LogP contribution in [0, 0.1) is 27.7 Å². The molecule has 1 N–H and O–H groups in total. The average Bonchev–Trinajstić information content (AvgIpc) is 2.59. The van der Waals surface area contributed by atoms with Gasteiger partial charge in [-0.15, -0.1) is 0 Å². The van der Waals surface area contributed by atoms with Gasteiger partial charge in [0.25, 0.3) is 0 Å². The summed E-state index contributed by atoms with van der Waals surface area (Å²) in [6.45, 7) is 7.35. The maximum Gasteiger partial charge on any atom is 0.307 e. The van der Waals surface area contributed by atoms with Crippen molar-refractivity contribution < 1.29 is 17.9 Å². The predicted molar refractivity (Wildman–Crippen MR) is 104 cm³/mol. The second-order valence-electron chi connectivity index (χ2n) is 6.39. The number of esters is 1. The molecule has 1 aromatic heterocycles. The third-order valence-electron chi connectivity index (χ3n) is 4.38. The number of aromatic nitrogens is 1. The average molecular weight is 411 g/mol. The maximum atomic E-state index is 12.7. The molecule has 6 nitrogen and oxygen atoms in total. The molecule has 0 saturated heterocycles. The quantitative estimate of drug-likeness (QED) is 0.558. The van der Waals surface area contributed by atoms with Gasteiger partial charge in [0.2, 0.25) is 10.0 Å². The summed E-state index contributed by atoms with van der Waals surface area (Å²) in [6, 6.07) is 5.27. The molecule has 0 unspecified atom stereocenters. The van der Waals surface area contributed by atoms with E-state index in [9.17, 15) is 13.2 Å². The van der Waals surface area contributed by atoms with E-state index in [1.807, 2.05) is 19.9 Å². The van der Waals surface area contributed by atoms with Gasteiger partial charge in [0.05, 0.1) is 11.3 Å². The molecule has 0 saturated carbocycles. The van der Waals surface area contributed by atoms with Crippen LogP contribution in [0.25, 0.3) is 0 Å². The Morgan fingerprint density at radius 1 is 1.15 bits per heavy atom. The molecule has 2 rings (SSSR count). The zero-order valence-corrected chi connectivity index (χ0v) is 17.4. The summed E-state index contributed by atoms with van der Waals surface area (Å²) in [6.07, 6.45) is 1.45. The largest absolute Gasteiger partial charge is 0.461 e. The topological polar surface area (TPSA) is 85.4 Å². The number of rotatable bonds is 7. The van der Waals surface area contributed by atoms with Crippen molar-refractivity contribution in [1.29, 1.82) is 0 Å². The van der Waals surface area contributed by atoms with E-state index in [1.54, 1.807) is 26.0 Å². The first-order chi connectivity index (χ1) is 12.6. The number of hydrogen-bond donors (Lipinski definition) is 1. The van der Waals surface area contributed by atoms with Crippen LogP contribution in [0.5, 0.6) is 0 Å². The van der Waals surface area contributed by atoms with Crippen molar-refractivity contribution in [3.05, 3.63) is 57.4 Å². The Labute approximate surface area is 165 Å². The van der Waals surface area contributed by atoms with Gasteiger partial charge in [0.15, 0.2) is 0 Å². The number of sulfonamides is 1. The lowest BCUT2D eigenvalue weighted by atomic mass is 10.0. The number of benzene rings is 1. The molecule has 27 heavy (non-hydrogen) atoms. The van der Waals surface area contributed by atoms with Crippen LogP contribution >= 0.6 is 11.6 Å². The molecular weight excluding hydrogens is 388 g/mol. The Morgan fingerprint density at radius 3 is 2.33 bits per heavy atom. The number of pyridine rings is 1. The summed E-state index contributed by atoms with van der Waals surface area (Å²) in [5.41, 5.74) is 3.95. The normalized spacial score (nSPS) is 11.4. The molecule has 0 spiro atoms. The Balaban J connectivity index is 1.94. The summed E-state index contributed by atoms with van der Waals surface area (Å²) in [4.78, 5) is 16.0. The van der Waals surface area contributed by atoms with Crippen LogP contribution in [0.3, 0.4) is 0 Å². The van der Waals surface area contributed by atoms with Crippen LogP contribution in [0.15, 0.2) is 29.3 Å². The van der Waals surface area contributed by atoms with E-state index in [0.717, 1.165) is 11.1 Å². The van der Waals surface area contributed by atoms with Gasteiger partial charge in [0.1, 0.15) is 11.8 Å². The molecule has 0 aliphatic rings. The number of hydrogen-bond acceptors (Lipinski definition) is 5. The summed E-state index contributed by atoms with van der Waals surface area (Å²) in [7, 11) is -3.72. The molecule has 0 amide bonds. The number of carbonyl (C=O) groups is 1. The van der Waals surface area contributed by atoms with Crippen molar-refractivity contribution in [3.8, 4) is 0 Å². The van der Waals surface area contributed by atoms with Crippen molar-refractivity contribution >= 4 is 27.6 Å². The van der Waals surface area contributed by atoms with Gasteiger partial charge >= 0.3 is 5.97 Å². The second kappa shape index (κ2) is 8.82. The Bertz CT molecular complexity index is 915. The molecule has 0 radical (unpaired) electrons. The summed E-state index contributed by atoms with van der Waals surface area (Å²) in [5.74, 6) is -0.499. The van der Waals surface area contributed by atoms with Crippen LogP contribution in [-0.2, 0) is 26.2 Å². The van der Waals surface area contributed by atoms with Crippen LogP contribution in [0.2, 0.25) is 5.15 Å². The van der Waals surface area contributed by atoms with Crippen molar-refractivity contribution in [3.63, 3.8) is 0 Å². The van der Waals surface area contributed by atoms with Crippen LogP contribution in [0.4, 0.5) is 0 Å². The zero-order valence-electron chi connectivity index (χ0n) is 15.8. The number of halogens is 1. The number of nitrogens with one attached hydrogen (secondary N) is 1. The van der Waals surface area contributed by atoms with E-state index in [1.165, 1.54) is 6.20 Å². The highest BCUT2D eigenvalue weighted by Gasteiger charge is 2.22. The molecule has 2 aromatic rings. The van der Waals surface area contributed by atoms with Gasteiger partial charge in [-0.05, 0) is 56.0 Å². The Morgan fingerprint density at radius 2 is 1.78 bits per heavy atom. The first-order valence-corrected chi connectivity index (χ1v) is 10.3. The van der Waals surface area contributed by atoms with Crippen LogP contribution in [-0.4, -0.2) is 25.9 Å². The van der Waals surface area contributed by atoms with Gasteiger partial charge in [-0.2, -0.15) is 0 Å². The minimum atomic E-state index is -3.72. The summed E-state index contributed by atoms with van der Waals surface area (Å²) in [5, 5.41) is 0.358. The van der Waals surface area contributed by atoms with E-state index in [4.69, 9.17) is 16.3 Å². The molecule has 0 atom stereocenters. The van der Waals surface area contributed by atoms with E-state index >= 15 is 0 Å². The molecule has 1 heterocycles. The Kier molecular flexibility index (Phi) is 6.97. The van der Waals surface area contributed by atoms with Crippen LogP contribution in [0.1, 0.15) is 34.2 Å². The third-order valence-corrected chi connectivity index (χ3v) is 6.33. The highest BCUT2D eigenvalue weighted by atomic mass is 35.5. The highest BCUT2D eigenvalue weighted by Crippen LogP contribution is 2.25. The van der Waals surface area contributed by atoms with Gasteiger partial charge < -0.3 is 4.74 Å². The lowest BCUT2D eigenvalue weighted by Gasteiger charge is -2.16. The molecule has 146 valence electrons. The monoisotopic (exact) mass is 410 g/mol. The lowest BCUT2D eigenvalue weighted by Crippen LogP contribution is -2.28. The molecule has 0 aliphatic heterocycles. The van der Waals surface area contributed by atoms with Gasteiger partial charge in [0, 0.05) is 18.3 Å².